The second-order valence-electron chi connectivity index (χ2n) is 4.29. The number of alkyl halides is 1. The quantitative estimate of drug-likeness (QED) is 0.845. The third-order valence-corrected chi connectivity index (χ3v) is 3.97. The lowest BCUT2D eigenvalue weighted by atomic mass is 10.1. The van der Waals surface area contributed by atoms with Gasteiger partial charge in [-0.15, -0.1) is 0 Å². The highest BCUT2D eigenvalue weighted by Gasteiger charge is 2.20. The van der Waals surface area contributed by atoms with E-state index in [1.54, 1.807) is 0 Å². The van der Waals surface area contributed by atoms with Gasteiger partial charge in [0.15, 0.2) is 0 Å². The lowest BCUT2D eigenvalue weighted by molar-refractivity contribution is -0.121. The molecule has 0 saturated heterocycles. The zero-order chi connectivity index (χ0) is 12.1. The number of nitrogens with one attached hydrogen (secondary N) is 1. The molecule has 1 rings (SSSR count). The van der Waals surface area contributed by atoms with Crippen LogP contribution in [0.25, 0.3) is 0 Å². The summed E-state index contributed by atoms with van der Waals surface area (Å²) in [5.41, 5.74) is 1.12. The number of benzene rings is 1. The smallest absolute Gasteiger partial charge is 0.234 e. The maximum atomic E-state index is 11.8. The summed E-state index contributed by atoms with van der Waals surface area (Å²) in [5, 5.41) is 2.99. The first-order chi connectivity index (χ1) is 7.52. The Bertz CT molecular complexity index is 337. The summed E-state index contributed by atoms with van der Waals surface area (Å²) < 4.78 is 0. The second-order valence-corrected chi connectivity index (χ2v) is 5.27. The van der Waals surface area contributed by atoms with Crippen LogP contribution >= 0.6 is 15.9 Å². The molecule has 1 N–H and O–H groups in total. The van der Waals surface area contributed by atoms with Gasteiger partial charge < -0.3 is 5.32 Å². The number of amides is 1. The first kappa shape index (κ1) is 13.2. The van der Waals surface area contributed by atoms with Crippen molar-refractivity contribution in [3.63, 3.8) is 0 Å². The number of rotatable bonds is 4. The van der Waals surface area contributed by atoms with Gasteiger partial charge in [-0.1, -0.05) is 60.1 Å². The van der Waals surface area contributed by atoms with E-state index in [1.807, 2.05) is 51.1 Å². The van der Waals surface area contributed by atoms with E-state index in [-0.39, 0.29) is 16.8 Å². The van der Waals surface area contributed by atoms with Crippen molar-refractivity contribution >= 4 is 21.8 Å². The normalized spacial score (nSPS) is 14.6. The van der Waals surface area contributed by atoms with E-state index in [1.165, 1.54) is 0 Å². The van der Waals surface area contributed by atoms with E-state index >= 15 is 0 Å². The van der Waals surface area contributed by atoms with Gasteiger partial charge in [0, 0.05) is 0 Å². The minimum Gasteiger partial charge on any atom is -0.349 e. The van der Waals surface area contributed by atoms with Crippen LogP contribution in [-0.4, -0.2) is 10.7 Å². The van der Waals surface area contributed by atoms with Crippen molar-refractivity contribution in [1.29, 1.82) is 0 Å². The van der Waals surface area contributed by atoms with Gasteiger partial charge in [-0.05, 0) is 18.4 Å². The molecule has 1 amide bonds. The van der Waals surface area contributed by atoms with Gasteiger partial charge in [0.2, 0.25) is 5.91 Å². The van der Waals surface area contributed by atoms with Crippen molar-refractivity contribution in [3.8, 4) is 0 Å². The van der Waals surface area contributed by atoms with E-state index in [0.29, 0.717) is 5.92 Å². The predicted molar refractivity (Wildman–Crippen MR) is 70.6 cm³/mol. The average Bonchev–Trinajstić information content (AvgIpc) is 2.28. The minimum absolute atomic E-state index is 0.0475. The van der Waals surface area contributed by atoms with E-state index in [0.717, 1.165) is 5.56 Å². The molecule has 0 aromatic heterocycles. The predicted octanol–water partition coefficient (Wildman–Crippen LogP) is 3.28. The highest BCUT2D eigenvalue weighted by Crippen LogP contribution is 2.16. The van der Waals surface area contributed by atoms with Crippen LogP contribution in [0.3, 0.4) is 0 Å². The Labute approximate surface area is 106 Å². The molecule has 2 nitrogen and oxygen atoms in total. The Morgan fingerprint density at radius 1 is 1.19 bits per heavy atom. The molecule has 0 radical (unpaired) electrons. The Kier molecular flexibility index (Phi) is 5.00. The largest absolute Gasteiger partial charge is 0.349 e. The van der Waals surface area contributed by atoms with Gasteiger partial charge in [0.05, 0.1) is 10.9 Å². The fourth-order valence-electron chi connectivity index (χ4n) is 1.42. The first-order valence-corrected chi connectivity index (χ1v) is 6.43. The Balaban J connectivity index is 2.58. The van der Waals surface area contributed by atoms with Crippen molar-refractivity contribution in [2.24, 2.45) is 5.92 Å². The van der Waals surface area contributed by atoms with Crippen molar-refractivity contribution in [2.45, 2.75) is 31.6 Å². The van der Waals surface area contributed by atoms with E-state index in [4.69, 9.17) is 0 Å². The molecule has 0 unspecified atom stereocenters. The summed E-state index contributed by atoms with van der Waals surface area (Å²) in [5.74, 6) is 0.342. The molecule has 2 atom stereocenters. The molecule has 0 bridgehead atoms. The van der Waals surface area contributed by atoms with Crippen LogP contribution in [-0.2, 0) is 4.79 Å². The third kappa shape index (κ3) is 3.63. The van der Waals surface area contributed by atoms with Gasteiger partial charge in [-0.25, -0.2) is 0 Å². The van der Waals surface area contributed by atoms with Crippen molar-refractivity contribution in [1.82, 2.24) is 5.32 Å². The molecular weight excluding hydrogens is 266 g/mol. The summed E-state index contributed by atoms with van der Waals surface area (Å²) >= 11 is 3.40. The fourth-order valence-corrected chi connectivity index (χ4v) is 1.55. The van der Waals surface area contributed by atoms with Gasteiger partial charge in [-0.3, -0.25) is 4.79 Å². The molecule has 88 valence electrons. The van der Waals surface area contributed by atoms with Crippen LogP contribution in [0.15, 0.2) is 30.3 Å². The number of carbonyl (C=O) groups is 1. The zero-order valence-corrected chi connectivity index (χ0v) is 11.5. The van der Waals surface area contributed by atoms with E-state index in [9.17, 15) is 4.79 Å². The molecule has 0 spiro atoms. The number of hydrogen-bond donors (Lipinski definition) is 1. The van der Waals surface area contributed by atoms with Crippen LogP contribution in [0.4, 0.5) is 0 Å². The molecule has 0 saturated carbocycles. The number of hydrogen-bond acceptors (Lipinski definition) is 1. The highest BCUT2D eigenvalue weighted by atomic mass is 79.9. The Morgan fingerprint density at radius 3 is 2.25 bits per heavy atom. The highest BCUT2D eigenvalue weighted by molar-refractivity contribution is 9.10. The van der Waals surface area contributed by atoms with Crippen molar-refractivity contribution in [2.75, 3.05) is 0 Å². The lowest BCUT2D eigenvalue weighted by Crippen LogP contribution is -2.35. The van der Waals surface area contributed by atoms with Gasteiger partial charge >= 0.3 is 0 Å². The molecular formula is C13H18BrNO. The maximum Gasteiger partial charge on any atom is 0.234 e. The van der Waals surface area contributed by atoms with Crippen molar-refractivity contribution < 1.29 is 4.79 Å². The minimum atomic E-state index is -0.126. The molecule has 0 aliphatic heterocycles. The van der Waals surface area contributed by atoms with E-state index < -0.39 is 0 Å². The standard InChI is InChI=1S/C13H18BrNO/c1-9(2)12(14)13(16)15-10(3)11-7-5-4-6-8-11/h4-10,12H,1-3H3,(H,15,16)/t10-,12+/m1/s1. The van der Waals surface area contributed by atoms with Gasteiger partial charge in [0.1, 0.15) is 0 Å². The molecule has 0 fully saturated rings. The summed E-state index contributed by atoms with van der Waals surface area (Å²) in [6.07, 6.45) is 0. The zero-order valence-electron chi connectivity index (χ0n) is 9.91. The van der Waals surface area contributed by atoms with Crippen LogP contribution in [0.1, 0.15) is 32.4 Å². The van der Waals surface area contributed by atoms with Crippen molar-refractivity contribution in [3.05, 3.63) is 35.9 Å². The second kappa shape index (κ2) is 6.04. The first-order valence-electron chi connectivity index (χ1n) is 5.51. The molecule has 16 heavy (non-hydrogen) atoms. The monoisotopic (exact) mass is 283 g/mol. The Morgan fingerprint density at radius 2 is 1.75 bits per heavy atom. The maximum absolute atomic E-state index is 11.8. The molecule has 1 aromatic carbocycles. The topological polar surface area (TPSA) is 29.1 Å². The summed E-state index contributed by atoms with van der Waals surface area (Å²) in [6, 6.07) is 10.0. The molecule has 3 heteroatoms. The van der Waals surface area contributed by atoms with Crippen LogP contribution in [0, 0.1) is 5.92 Å². The van der Waals surface area contributed by atoms with Crippen LogP contribution in [0.2, 0.25) is 0 Å². The SMILES string of the molecule is CC(C)[C@H](Br)C(=O)N[C@H](C)c1ccccc1. The molecule has 0 aliphatic carbocycles. The number of carbonyl (C=O) groups excluding carboxylic acids is 1. The molecule has 0 heterocycles. The van der Waals surface area contributed by atoms with Crippen LogP contribution in [0.5, 0.6) is 0 Å². The summed E-state index contributed by atoms with van der Waals surface area (Å²) in [6.45, 7) is 6.03. The summed E-state index contributed by atoms with van der Waals surface area (Å²) in [7, 11) is 0. The summed E-state index contributed by atoms with van der Waals surface area (Å²) in [4.78, 5) is 11.7. The average molecular weight is 284 g/mol. The van der Waals surface area contributed by atoms with Crippen LogP contribution < -0.4 is 5.32 Å². The van der Waals surface area contributed by atoms with Gasteiger partial charge in [-0.2, -0.15) is 0 Å². The molecule has 1 aromatic rings. The third-order valence-electron chi connectivity index (χ3n) is 2.49. The van der Waals surface area contributed by atoms with E-state index in [2.05, 4.69) is 21.2 Å². The number of halogens is 1. The van der Waals surface area contributed by atoms with Gasteiger partial charge in [0.25, 0.3) is 0 Å². The molecule has 0 aliphatic rings. The fraction of sp³-hybridized carbons (Fsp3) is 0.462. The lowest BCUT2D eigenvalue weighted by Gasteiger charge is -2.18. The Hall–Kier alpha value is -0.830.